The third kappa shape index (κ3) is 3.50. The smallest absolute Gasteiger partial charge is 0.321 e. The fourth-order valence-electron chi connectivity index (χ4n) is 6.21. The van der Waals surface area contributed by atoms with Gasteiger partial charge in [-0.2, -0.15) is 0 Å². The normalized spacial score (nSPS) is 32.9. The lowest BCUT2D eigenvalue weighted by molar-refractivity contribution is -0.695. The van der Waals surface area contributed by atoms with Crippen LogP contribution in [0.1, 0.15) is 50.1 Å². The van der Waals surface area contributed by atoms with Gasteiger partial charge in [0.05, 0.1) is 6.54 Å². The number of nitrogens with one attached hydrogen (secondary N) is 2. The zero-order chi connectivity index (χ0) is 18.1. The van der Waals surface area contributed by atoms with Crippen molar-refractivity contribution in [3.63, 3.8) is 0 Å². The lowest BCUT2D eigenvalue weighted by Gasteiger charge is -2.56. The van der Waals surface area contributed by atoms with E-state index in [2.05, 4.69) is 16.0 Å². The van der Waals surface area contributed by atoms with Gasteiger partial charge in [0.2, 0.25) is 0 Å². The van der Waals surface area contributed by atoms with Crippen LogP contribution in [-0.4, -0.2) is 25.5 Å². The Bertz CT molecular complexity index is 638. The van der Waals surface area contributed by atoms with Crippen molar-refractivity contribution in [1.82, 2.24) is 10.6 Å². The van der Waals surface area contributed by atoms with Gasteiger partial charge in [0.1, 0.15) is 0 Å². The van der Waals surface area contributed by atoms with Crippen LogP contribution in [0, 0.1) is 23.2 Å². The van der Waals surface area contributed by atoms with Crippen LogP contribution < -0.4 is 16.0 Å². The van der Waals surface area contributed by atoms with Gasteiger partial charge in [-0.15, -0.1) is 0 Å². The molecule has 1 aromatic carbocycles. The summed E-state index contributed by atoms with van der Waals surface area (Å²) >= 11 is 0. The van der Waals surface area contributed by atoms with Crippen LogP contribution in [0.2, 0.25) is 0 Å². The number of amides is 3. The van der Waals surface area contributed by atoms with Crippen molar-refractivity contribution in [2.24, 2.45) is 23.2 Å². The number of carbonyl (C=O) groups is 2. The number of hydrogen-bond acceptors (Lipinski definition) is 2. The number of hydrogen-bond donors (Lipinski definition) is 3. The van der Waals surface area contributed by atoms with E-state index in [0.29, 0.717) is 5.41 Å². The van der Waals surface area contributed by atoms with E-state index < -0.39 is 6.03 Å². The standard InChI is InChI=1S/C21H29N3O2/c1-22-20(26)24-19(25)18(17-5-3-2-4-6-17)23-13-21-10-14-7-15(11-21)9-16(8-14)12-21/h2-6,14-16,18,23H,7-13H2,1H3,(H2,22,24,25,26)/p+1/t14?,15?,16?,18-,21?/m0/s1. The number of benzene rings is 1. The van der Waals surface area contributed by atoms with Crippen LogP contribution in [0.15, 0.2) is 30.3 Å². The minimum Gasteiger partial charge on any atom is -0.341 e. The number of carbonyl (C=O) groups excluding carboxylic acids is 2. The molecule has 4 aliphatic rings. The summed E-state index contributed by atoms with van der Waals surface area (Å²) in [7, 11) is 1.53. The quantitative estimate of drug-likeness (QED) is 0.754. The Labute approximate surface area is 155 Å². The summed E-state index contributed by atoms with van der Waals surface area (Å²) in [5, 5.41) is 7.12. The summed E-state index contributed by atoms with van der Waals surface area (Å²) in [6.45, 7) is 0.983. The van der Waals surface area contributed by atoms with Crippen molar-refractivity contribution < 1.29 is 14.9 Å². The van der Waals surface area contributed by atoms with E-state index in [9.17, 15) is 9.59 Å². The summed E-state index contributed by atoms with van der Waals surface area (Å²) in [5.74, 6) is 2.49. The summed E-state index contributed by atoms with van der Waals surface area (Å²) in [5.41, 5.74) is 1.35. The largest absolute Gasteiger partial charge is 0.341 e. The zero-order valence-corrected chi connectivity index (χ0v) is 15.5. The zero-order valence-electron chi connectivity index (χ0n) is 15.5. The molecule has 4 N–H and O–H groups in total. The summed E-state index contributed by atoms with van der Waals surface area (Å²) < 4.78 is 0. The van der Waals surface area contributed by atoms with E-state index in [-0.39, 0.29) is 11.9 Å². The Balaban J connectivity index is 1.48. The van der Waals surface area contributed by atoms with Crippen molar-refractivity contribution in [3.05, 3.63) is 35.9 Å². The first-order valence-corrected chi connectivity index (χ1v) is 9.98. The SMILES string of the molecule is CNC(=O)NC(=O)[C@@H]([NH2+]CC12CC3CC(CC(C3)C1)C2)c1ccccc1. The number of quaternary nitrogens is 1. The molecular weight excluding hydrogens is 326 g/mol. The van der Waals surface area contributed by atoms with Crippen LogP contribution in [-0.2, 0) is 4.79 Å². The summed E-state index contributed by atoms with van der Waals surface area (Å²) in [6.07, 6.45) is 8.27. The van der Waals surface area contributed by atoms with Gasteiger partial charge >= 0.3 is 6.03 Å². The van der Waals surface area contributed by atoms with Crippen LogP contribution >= 0.6 is 0 Å². The molecule has 140 valence electrons. The lowest BCUT2D eigenvalue weighted by atomic mass is 9.49. The van der Waals surface area contributed by atoms with Crippen molar-refractivity contribution in [3.8, 4) is 0 Å². The van der Waals surface area contributed by atoms with E-state index >= 15 is 0 Å². The molecule has 3 amide bonds. The molecule has 4 bridgehead atoms. The predicted octanol–water partition coefficient (Wildman–Crippen LogP) is 1.96. The van der Waals surface area contributed by atoms with Gasteiger partial charge in [-0.3, -0.25) is 10.1 Å². The molecule has 0 aliphatic heterocycles. The number of nitrogens with two attached hydrogens (primary N) is 1. The molecule has 0 saturated heterocycles. The Morgan fingerprint density at radius 3 is 2.19 bits per heavy atom. The highest BCUT2D eigenvalue weighted by Crippen LogP contribution is 2.59. The third-order valence-electron chi connectivity index (χ3n) is 6.86. The number of urea groups is 1. The van der Waals surface area contributed by atoms with E-state index in [1.54, 1.807) is 0 Å². The van der Waals surface area contributed by atoms with E-state index in [4.69, 9.17) is 0 Å². The number of rotatable bonds is 5. The first kappa shape index (κ1) is 17.5. The molecule has 0 spiro atoms. The predicted molar refractivity (Wildman–Crippen MR) is 99.2 cm³/mol. The minimum atomic E-state index is -0.445. The van der Waals surface area contributed by atoms with Gasteiger partial charge in [0.25, 0.3) is 5.91 Å². The molecule has 4 fully saturated rings. The fourth-order valence-corrected chi connectivity index (χ4v) is 6.21. The Kier molecular flexibility index (Phi) is 4.74. The summed E-state index contributed by atoms with van der Waals surface area (Å²) in [6, 6.07) is 8.99. The van der Waals surface area contributed by atoms with Crippen LogP contribution in [0.3, 0.4) is 0 Å². The molecule has 4 aliphatic carbocycles. The fraction of sp³-hybridized carbons (Fsp3) is 0.619. The average molecular weight is 356 g/mol. The molecule has 0 unspecified atom stereocenters. The third-order valence-corrected chi connectivity index (χ3v) is 6.86. The molecule has 1 aromatic rings. The van der Waals surface area contributed by atoms with Crippen molar-refractivity contribution >= 4 is 11.9 Å². The second-order valence-electron chi connectivity index (χ2n) is 8.81. The van der Waals surface area contributed by atoms with Gasteiger partial charge in [-0.1, -0.05) is 30.3 Å². The van der Waals surface area contributed by atoms with E-state index in [1.807, 2.05) is 30.3 Å². The lowest BCUT2D eigenvalue weighted by Crippen LogP contribution is -2.90. The number of imide groups is 1. The maximum Gasteiger partial charge on any atom is 0.321 e. The molecule has 26 heavy (non-hydrogen) atoms. The Morgan fingerprint density at radius 1 is 1.08 bits per heavy atom. The molecule has 5 nitrogen and oxygen atoms in total. The van der Waals surface area contributed by atoms with Gasteiger partial charge in [-0.25, -0.2) is 4.79 Å². The minimum absolute atomic E-state index is 0.236. The van der Waals surface area contributed by atoms with Crippen LogP contribution in [0.25, 0.3) is 0 Å². The highest BCUT2D eigenvalue weighted by molar-refractivity contribution is 5.96. The van der Waals surface area contributed by atoms with E-state index in [0.717, 1.165) is 29.9 Å². The average Bonchev–Trinajstić information content (AvgIpc) is 2.61. The van der Waals surface area contributed by atoms with E-state index in [1.165, 1.54) is 45.6 Å². The van der Waals surface area contributed by atoms with Gasteiger partial charge in [0, 0.05) is 18.0 Å². The topological polar surface area (TPSA) is 74.8 Å². The Morgan fingerprint density at radius 2 is 1.65 bits per heavy atom. The highest BCUT2D eigenvalue weighted by Gasteiger charge is 2.52. The maximum absolute atomic E-state index is 12.7. The molecule has 0 radical (unpaired) electrons. The molecule has 4 saturated carbocycles. The van der Waals surface area contributed by atoms with Gasteiger partial charge in [0.15, 0.2) is 6.04 Å². The van der Waals surface area contributed by atoms with Crippen molar-refractivity contribution in [2.75, 3.05) is 13.6 Å². The van der Waals surface area contributed by atoms with Crippen LogP contribution in [0.5, 0.6) is 0 Å². The highest BCUT2D eigenvalue weighted by atomic mass is 16.2. The second kappa shape index (κ2) is 7.03. The monoisotopic (exact) mass is 356 g/mol. The summed E-state index contributed by atoms with van der Waals surface area (Å²) in [4.78, 5) is 24.4. The van der Waals surface area contributed by atoms with Crippen molar-refractivity contribution in [2.45, 2.75) is 44.6 Å². The van der Waals surface area contributed by atoms with Gasteiger partial charge in [-0.05, 0) is 56.3 Å². The molecule has 0 aromatic heterocycles. The second-order valence-corrected chi connectivity index (χ2v) is 8.81. The Hall–Kier alpha value is -1.88. The first-order valence-electron chi connectivity index (χ1n) is 9.98. The van der Waals surface area contributed by atoms with Gasteiger partial charge < -0.3 is 10.6 Å². The molecular formula is C21H30N3O2+. The molecule has 5 heteroatoms. The first-order chi connectivity index (χ1) is 12.6. The molecule has 1 atom stereocenters. The maximum atomic E-state index is 12.7. The molecule has 5 rings (SSSR count). The molecule has 0 heterocycles. The van der Waals surface area contributed by atoms with Crippen molar-refractivity contribution in [1.29, 1.82) is 0 Å². The van der Waals surface area contributed by atoms with Crippen LogP contribution in [0.4, 0.5) is 4.79 Å².